The normalized spacial score (nSPS) is 11.5. The molecular weight excluding hydrogens is 400 g/mol. The van der Waals surface area contributed by atoms with Crippen molar-refractivity contribution in [2.24, 2.45) is 0 Å². The molecule has 3 aromatic rings. The summed E-state index contributed by atoms with van der Waals surface area (Å²) in [5.41, 5.74) is 3.69. The summed E-state index contributed by atoms with van der Waals surface area (Å²) in [4.78, 5) is 24.9. The van der Waals surface area contributed by atoms with Gasteiger partial charge in [-0.3, -0.25) is 9.59 Å². The molecule has 0 aromatic heterocycles. The Hall–Kier alpha value is -3.31. The van der Waals surface area contributed by atoms with E-state index in [9.17, 15) is 9.59 Å². The van der Waals surface area contributed by atoms with Gasteiger partial charge in [-0.05, 0) is 74.4 Å². The van der Waals surface area contributed by atoms with E-state index in [1.165, 1.54) is 0 Å². The zero-order valence-electron chi connectivity index (χ0n) is 17.0. The van der Waals surface area contributed by atoms with Crippen molar-refractivity contribution >= 4 is 34.8 Å². The van der Waals surface area contributed by atoms with Crippen LogP contribution in [0.2, 0.25) is 5.02 Å². The Morgan fingerprint density at radius 2 is 1.53 bits per heavy atom. The standard InChI is InChI=1S/C24H23ClN2O3/c1-15-7-4-5-9-21(15)26-24(29)18-11-13-19(14-12-18)30-17(3)23(28)27-22-10-6-8-20(25)16(22)2/h4-14,17H,1-3H3,(H,26,29)(H,27,28). The Bertz CT molecular complexity index is 1060. The molecule has 1 unspecified atom stereocenters. The molecule has 0 fully saturated rings. The molecule has 154 valence electrons. The smallest absolute Gasteiger partial charge is 0.265 e. The highest BCUT2D eigenvalue weighted by molar-refractivity contribution is 6.31. The van der Waals surface area contributed by atoms with Crippen molar-refractivity contribution in [1.82, 2.24) is 0 Å². The van der Waals surface area contributed by atoms with E-state index in [2.05, 4.69) is 10.6 Å². The highest BCUT2D eigenvalue weighted by Gasteiger charge is 2.17. The number of hydrogen-bond donors (Lipinski definition) is 2. The van der Waals surface area contributed by atoms with Gasteiger partial charge in [0, 0.05) is 22.0 Å². The van der Waals surface area contributed by atoms with E-state index in [4.69, 9.17) is 16.3 Å². The number of rotatable bonds is 6. The lowest BCUT2D eigenvalue weighted by Crippen LogP contribution is -2.30. The first-order valence-corrected chi connectivity index (χ1v) is 9.92. The number of para-hydroxylation sites is 1. The van der Waals surface area contributed by atoms with Gasteiger partial charge in [0.15, 0.2) is 6.10 Å². The molecule has 0 spiro atoms. The number of benzene rings is 3. The second kappa shape index (κ2) is 9.46. The fourth-order valence-electron chi connectivity index (χ4n) is 2.83. The van der Waals surface area contributed by atoms with Gasteiger partial charge in [-0.25, -0.2) is 0 Å². The molecule has 0 aliphatic heterocycles. The van der Waals surface area contributed by atoms with E-state index in [0.717, 1.165) is 16.8 Å². The van der Waals surface area contributed by atoms with Gasteiger partial charge in [0.05, 0.1) is 0 Å². The maximum absolute atomic E-state index is 12.4. The number of halogens is 1. The number of aryl methyl sites for hydroxylation is 1. The first-order valence-electron chi connectivity index (χ1n) is 9.55. The van der Waals surface area contributed by atoms with Gasteiger partial charge in [0.25, 0.3) is 11.8 Å². The third-order valence-corrected chi connectivity index (χ3v) is 5.13. The zero-order chi connectivity index (χ0) is 21.7. The average molecular weight is 423 g/mol. The van der Waals surface area contributed by atoms with Gasteiger partial charge in [0.1, 0.15) is 5.75 Å². The number of hydrogen-bond acceptors (Lipinski definition) is 3. The van der Waals surface area contributed by atoms with Gasteiger partial charge in [0.2, 0.25) is 0 Å². The SMILES string of the molecule is Cc1ccccc1NC(=O)c1ccc(OC(C)C(=O)Nc2cccc(Cl)c2C)cc1. The van der Waals surface area contributed by atoms with Crippen LogP contribution in [0.15, 0.2) is 66.7 Å². The van der Waals surface area contributed by atoms with Crippen LogP contribution in [0.3, 0.4) is 0 Å². The van der Waals surface area contributed by atoms with Crippen LogP contribution in [0, 0.1) is 13.8 Å². The molecule has 0 aliphatic rings. The lowest BCUT2D eigenvalue weighted by atomic mass is 10.1. The minimum Gasteiger partial charge on any atom is -0.481 e. The Morgan fingerprint density at radius 1 is 0.867 bits per heavy atom. The third kappa shape index (κ3) is 5.19. The van der Waals surface area contributed by atoms with Gasteiger partial charge in [-0.1, -0.05) is 35.9 Å². The highest BCUT2D eigenvalue weighted by Crippen LogP contribution is 2.23. The lowest BCUT2D eigenvalue weighted by Gasteiger charge is -2.16. The summed E-state index contributed by atoms with van der Waals surface area (Å²) in [6.07, 6.45) is -0.727. The minimum absolute atomic E-state index is 0.210. The quantitative estimate of drug-likeness (QED) is 0.542. The third-order valence-electron chi connectivity index (χ3n) is 4.72. The van der Waals surface area contributed by atoms with Crippen molar-refractivity contribution in [3.8, 4) is 5.75 Å². The molecule has 0 saturated heterocycles. The highest BCUT2D eigenvalue weighted by atomic mass is 35.5. The Kier molecular flexibility index (Phi) is 6.75. The fourth-order valence-corrected chi connectivity index (χ4v) is 3.00. The van der Waals surface area contributed by atoms with E-state index >= 15 is 0 Å². The summed E-state index contributed by atoms with van der Waals surface area (Å²) < 4.78 is 5.71. The van der Waals surface area contributed by atoms with Crippen molar-refractivity contribution in [2.75, 3.05) is 10.6 Å². The van der Waals surface area contributed by atoms with Crippen LogP contribution < -0.4 is 15.4 Å². The second-order valence-electron chi connectivity index (χ2n) is 6.96. The van der Waals surface area contributed by atoms with Crippen molar-refractivity contribution in [3.63, 3.8) is 0 Å². The zero-order valence-corrected chi connectivity index (χ0v) is 17.8. The lowest BCUT2D eigenvalue weighted by molar-refractivity contribution is -0.122. The molecule has 1 atom stereocenters. The molecule has 5 nitrogen and oxygen atoms in total. The summed E-state index contributed by atoms with van der Waals surface area (Å²) in [5.74, 6) is -0.00674. The molecule has 0 radical (unpaired) electrons. The molecule has 0 saturated carbocycles. The molecule has 2 N–H and O–H groups in total. The summed E-state index contributed by atoms with van der Waals surface area (Å²) in [5, 5.41) is 6.29. The maximum atomic E-state index is 12.4. The topological polar surface area (TPSA) is 67.4 Å². The van der Waals surface area contributed by atoms with Gasteiger partial charge >= 0.3 is 0 Å². The van der Waals surface area contributed by atoms with Gasteiger partial charge in [-0.2, -0.15) is 0 Å². The summed E-state index contributed by atoms with van der Waals surface area (Å²) in [6, 6.07) is 19.6. The molecule has 30 heavy (non-hydrogen) atoms. The van der Waals surface area contributed by atoms with Crippen LogP contribution in [-0.2, 0) is 4.79 Å². The number of anilines is 2. The molecule has 0 aliphatic carbocycles. The Morgan fingerprint density at radius 3 is 2.23 bits per heavy atom. The number of carbonyl (C=O) groups excluding carboxylic acids is 2. The average Bonchev–Trinajstić information content (AvgIpc) is 2.73. The molecule has 2 amide bonds. The first kappa shape index (κ1) is 21.4. The van der Waals surface area contributed by atoms with Crippen LogP contribution >= 0.6 is 11.6 Å². The molecule has 3 rings (SSSR count). The number of amides is 2. The molecule has 0 heterocycles. The molecule has 0 bridgehead atoms. The predicted octanol–water partition coefficient (Wildman–Crippen LogP) is 5.62. The van der Waals surface area contributed by atoms with Crippen LogP contribution in [0.4, 0.5) is 11.4 Å². The van der Waals surface area contributed by atoms with Gasteiger partial charge in [-0.15, -0.1) is 0 Å². The van der Waals surface area contributed by atoms with Crippen LogP contribution in [0.5, 0.6) is 5.75 Å². The molecule has 6 heteroatoms. The largest absolute Gasteiger partial charge is 0.481 e. The maximum Gasteiger partial charge on any atom is 0.265 e. The van der Waals surface area contributed by atoms with E-state index in [0.29, 0.717) is 22.0 Å². The van der Waals surface area contributed by atoms with Crippen LogP contribution in [-0.4, -0.2) is 17.9 Å². The molecule has 3 aromatic carbocycles. The molecular formula is C24H23ClN2O3. The van der Waals surface area contributed by atoms with Gasteiger partial charge < -0.3 is 15.4 Å². The predicted molar refractivity (Wildman–Crippen MR) is 120 cm³/mol. The number of carbonyl (C=O) groups is 2. The summed E-state index contributed by atoms with van der Waals surface area (Å²) in [6.45, 7) is 5.43. The summed E-state index contributed by atoms with van der Waals surface area (Å²) >= 11 is 6.09. The van der Waals surface area contributed by atoms with Crippen molar-refractivity contribution in [2.45, 2.75) is 26.9 Å². The Labute approximate surface area is 181 Å². The fraction of sp³-hybridized carbons (Fsp3) is 0.167. The van der Waals surface area contributed by atoms with E-state index in [1.807, 2.05) is 38.1 Å². The minimum atomic E-state index is -0.727. The van der Waals surface area contributed by atoms with Crippen molar-refractivity contribution in [1.29, 1.82) is 0 Å². The number of nitrogens with one attached hydrogen (secondary N) is 2. The van der Waals surface area contributed by atoms with Crippen molar-refractivity contribution in [3.05, 3.63) is 88.4 Å². The monoisotopic (exact) mass is 422 g/mol. The van der Waals surface area contributed by atoms with E-state index in [-0.39, 0.29) is 11.8 Å². The first-order chi connectivity index (χ1) is 14.3. The summed E-state index contributed by atoms with van der Waals surface area (Å²) in [7, 11) is 0. The second-order valence-corrected chi connectivity index (χ2v) is 7.36. The van der Waals surface area contributed by atoms with Crippen molar-refractivity contribution < 1.29 is 14.3 Å². The van der Waals surface area contributed by atoms with Crippen LogP contribution in [0.1, 0.15) is 28.4 Å². The van der Waals surface area contributed by atoms with E-state index < -0.39 is 6.10 Å². The number of ether oxygens (including phenoxy) is 1. The van der Waals surface area contributed by atoms with Crippen LogP contribution in [0.25, 0.3) is 0 Å². The Balaban J connectivity index is 1.60. The van der Waals surface area contributed by atoms with E-state index in [1.54, 1.807) is 49.4 Å².